The molecular weight excluding hydrogens is 376 g/mol. The Morgan fingerprint density at radius 3 is 2.37 bits per heavy atom. The molecule has 0 saturated heterocycles. The average Bonchev–Trinajstić information content (AvgIpc) is 2.74. The number of allylic oxidation sites excluding steroid dienone is 2. The van der Waals surface area contributed by atoms with Crippen molar-refractivity contribution < 1.29 is 9.84 Å². The fourth-order valence-electron chi connectivity index (χ4n) is 2.37. The van der Waals surface area contributed by atoms with Gasteiger partial charge in [0, 0.05) is 36.4 Å². The molecule has 0 aliphatic rings. The fraction of sp³-hybridized carbons (Fsp3) is 0.208. The van der Waals surface area contributed by atoms with Gasteiger partial charge in [-0.05, 0) is 44.5 Å². The van der Waals surface area contributed by atoms with E-state index in [1.54, 1.807) is 37.7 Å². The lowest BCUT2D eigenvalue weighted by Crippen LogP contribution is -2.11. The maximum Gasteiger partial charge on any atom is 0.161 e. The first kappa shape index (κ1) is 24.4. The number of aryl methyl sites for hydroxylation is 1. The van der Waals surface area contributed by atoms with Crippen molar-refractivity contribution in [3.05, 3.63) is 83.7 Å². The first-order valence-corrected chi connectivity index (χ1v) is 9.39. The van der Waals surface area contributed by atoms with Crippen LogP contribution >= 0.6 is 0 Å². The van der Waals surface area contributed by atoms with Gasteiger partial charge in [-0.25, -0.2) is 0 Å². The minimum atomic E-state index is 0.0893. The number of rotatable bonds is 7. The molecule has 0 fully saturated rings. The van der Waals surface area contributed by atoms with Crippen molar-refractivity contribution in [1.82, 2.24) is 5.43 Å². The van der Waals surface area contributed by atoms with Gasteiger partial charge in [-0.15, -0.1) is 0 Å². The number of phenols is 1. The smallest absolute Gasteiger partial charge is 0.161 e. The summed E-state index contributed by atoms with van der Waals surface area (Å²) in [5, 5.41) is 13.7. The minimum Gasteiger partial charge on any atom is -0.504 e. The molecule has 0 aliphatic heterocycles. The van der Waals surface area contributed by atoms with Crippen molar-refractivity contribution in [2.24, 2.45) is 15.1 Å². The number of methoxy groups -OCH3 is 1. The SMILES string of the molecule is C=CN=C(C)/C(C=NC)=C(\C)N/N=C/c1ccc(O)c(OC)c1.Cc1ccccc1. The monoisotopic (exact) mass is 406 g/mol. The molecule has 2 aromatic rings. The molecule has 0 spiro atoms. The van der Waals surface area contributed by atoms with Gasteiger partial charge in [-0.3, -0.25) is 15.4 Å². The summed E-state index contributed by atoms with van der Waals surface area (Å²) >= 11 is 0. The summed E-state index contributed by atoms with van der Waals surface area (Å²) in [5.41, 5.74) is 7.50. The zero-order valence-electron chi connectivity index (χ0n) is 18.3. The molecule has 0 radical (unpaired) electrons. The van der Waals surface area contributed by atoms with Gasteiger partial charge in [-0.2, -0.15) is 5.10 Å². The number of hydrogen-bond donors (Lipinski definition) is 2. The van der Waals surface area contributed by atoms with Crippen LogP contribution in [0.5, 0.6) is 11.5 Å². The van der Waals surface area contributed by atoms with Gasteiger partial charge >= 0.3 is 0 Å². The predicted molar refractivity (Wildman–Crippen MR) is 127 cm³/mol. The molecule has 2 rings (SSSR count). The standard InChI is InChI=1S/C17H22N4O2.C7H8/c1-6-19-12(2)15(11-18-4)13(3)21-20-10-14-7-8-16(22)17(9-14)23-5;1-7-5-3-2-4-6-7/h6-11,21-22H,1H2,2-5H3;2-6H,1H3/b15-13+,18-11?,19-12?,20-10+;. The van der Waals surface area contributed by atoms with Crippen molar-refractivity contribution in [3.8, 4) is 11.5 Å². The lowest BCUT2D eigenvalue weighted by atomic mass is 10.1. The summed E-state index contributed by atoms with van der Waals surface area (Å²) in [6.07, 6.45) is 4.83. The zero-order valence-corrected chi connectivity index (χ0v) is 18.3. The van der Waals surface area contributed by atoms with E-state index in [0.717, 1.165) is 22.5 Å². The molecule has 2 N–H and O–H groups in total. The van der Waals surface area contributed by atoms with Gasteiger partial charge in [-0.1, -0.05) is 42.5 Å². The molecule has 0 amide bonds. The van der Waals surface area contributed by atoms with E-state index in [0.29, 0.717) is 5.75 Å². The highest BCUT2D eigenvalue weighted by Gasteiger charge is 2.04. The summed E-state index contributed by atoms with van der Waals surface area (Å²) in [7, 11) is 3.19. The van der Waals surface area contributed by atoms with E-state index in [1.165, 1.54) is 18.9 Å². The first-order valence-electron chi connectivity index (χ1n) is 9.39. The van der Waals surface area contributed by atoms with Gasteiger partial charge < -0.3 is 9.84 Å². The third kappa shape index (κ3) is 8.56. The highest BCUT2D eigenvalue weighted by molar-refractivity contribution is 6.15. The number of benzene rings is 2. The second kappa shape index (κ2) is 13.5. The van der Waals surface area contributed by atoms with Gasteiger partial charge in [0.15, 0.2) is 11.5 Å². The normalized spacial score (nSPS) is 12.2. The maximum atomic E-state index is 9.56. The van der Waals surface area contributed by atoms with Gasteiger partial charge in [0.2, 0.25) is 0 Å². The summed E-state index contributed by atoms with van der Waals surface area (Å²) < 4.78 is 5.06. The van der Waals surface area contributed by atoms with E-state index < -0.39 is 0 Å². The minimum absolute atomic E-state index is 0.0893. The van der Waals surface area contributed by atoms with Crippen molar-refractivity contribution in [2.45, 2.75) is 20.8 Å². The Hall–Kier alpha value is -3.67. The van der Waals surface area contributed by atoms with E-state index >= 15 is 0 Å². The van der Waals surface area contributed by atoms with Crippen molar-refractivity contribution in [2.75, 3.05) is 14.2 Å². The molecule has 0 saturated carbocycles. The number of aliphatic imine (C=N–C) groups is 2. The van der Waals surface area contributed by atoms with Crippen LogP contribution in [-0.4, -0.2) is 37.4 Å². The molecule has 0 unspecified atom stereocenters. The van der Waals surface area contributed by atoms with Crippen LogP contribution in [0.1, 0.15) is 25.0 Å². The van der Waals surface area contributed by atoms with E-state index in [1.807, 2.05) is 32.0 Å². The largest absolute Gasteiger partial charge is 0.504 e. The summed E-state index contributed by atoms with van der Waals surface area (Å²) in [6.45, 7) is 9.43. The van der Waals surface area contributed by atoms with Crippen LogP contribution in [0.25, 0.3) is 0 Å². The van der Waals surface area contributed by atoms with Crippen LogP contribution in [-0.2, 0) is 0 Å². The lowest BCUT2D eigenvalue weighted by molar-refractivity contribution is 0.373. The molecule has 0 atom stereocenters. The number of aromatic hydroxyl groups is 1. The average molecular weight is 407 g/mol. The van der Waals surface area contributed by atoms with Crippen LogP contribution in [0.3, 0.4) is 0 Å². The van der Waals surface area contributed by atoms with Gasteiger partial charge in [0.05, 0.1) is 13.3 Å². The van der Waals surface area contributed by atoms with E-state index in [-0.39, 0.29) is 5.75 Å². The van der Waals surface area contributed by atoms with Crippen LogP contribution in [0.15, 0.2) is 87.7 Å². The van der Waals surface area contributed by atoms with Crippen molar-refractivity contribution >= 4 is 18.1 Å². The highest BCUT2D eigenvalue weighted by atomic mass is 16.5. The predicted octanol–water partition coefficient (Wildman–Crippen LogP) is 4.90. The zero-order chi connectivity index (χ0) is 22.4. The fourth-order valence-corrected chi connectivity index (χ4v) is 2.37. The highest BCUT2D eigenvalue weighted by Crippen LogP contribution is 2.25. The number of ether oxygens (including phenoxy) is 1. The van der Waals surface area contributed by atoms with Gasteiger partial charge in [0.25, 0.3) is 0 Å². The Kier molecular flexibility index (Phi) is 11.0. The van der Waals surface area contributed by atoms with E-state index in [4.69, 9.17) is 4.74 Å². The molecule has 6 nitrogen and oxygen atoms in total. The Morgan fingerprint density at radius 1 is 1.13 bits per heavy atom. The quantitative estimate of drug-likeness (QED) is 0.507. The van der Waals surface area contributed by atoms with Crippen LogP contribution in [0.4, 0.5) is 0 Å². The second-order valence-electron chi connectivity index (χ2n) is 6.28. The maximum absolute atomic E-state index is 9.56. The third-order valence-electron chi connectivity index (χ3n) is 3.93. The van der Waals surface area contributed by atoms with Gasteiger partial charge in [0.1, 0.15) is 0 Å². The molecule has 2 aromatic carbocycles. The molecular formula is C24H30N4O2. The Labute approximate surface area is 179 Å². The number of phenolic OH excluding ortho intramolecular Hbond substituents is 1. The number of hydrazone groups is 1. The first-order chi connectivity index (χ1) is 14.4. The molecule has 0 bridgehead atoms. The summed E-state index contributed by atoms with van der Waals surface area (Å²) in [5.74, 6) is 0.486. The molecule has 0 aromatic heterocycles. The lowest BCUT2D eigenvalue weighted by Gasteiger charge is -2.07. The summed E-state index contributed by atoms with van der Waals surface area (Å²) in [4.78, 5) is 8.18. The van der Waals surface area contributed by atoms with E-state index in [9.17, 15) is 5.11 Å². The number of nitrogens with zero attached hydrogens (tertiary/aromatic N) is 3. The molecule has 158 valence electrons. The third-order valence-corrected chi connectivity index (χ3v) is 3.93. The number of nitrogens with one attached hydrogen (secondary N) is 1. The Bertz CT molecular complexity index is 929. The Morgan fingerprint density at radius 2 is 1.83 bits per heavy atom. The van der Waals surface area contributed by atoms with Crippen LogP contribution in [0.2, 0.25) is 0 Å². The molecule has 0 heterocycles. The van der Waals surface area contributed by atoms with E-state index in [2.05, 4.69) is 46.1 Å². The van der Waals surface area contributed by atoms with Crippen molar-refractivity contribution in [1.29, 1.82) is 0 Å². The molecule has 6 heteroatoms. The second-order valence-corrected chi connectivity index (χ2v) is 6.28. The summed E-state index contributed by atoms with van der Waals surface area (Å²) in [6, 6.07) is 15.2. The van der Waals surface area contributed by atoms with Crippen LogP contribution < -0.4 is 10.2 Å². The van der Waals surface area contributed by atoms with Crippen molar-refractivity contribution in [3.63, 3.8) is 0 Å². The molecule has 0 aliphatic carbocycles. The Balaban J connectivity index is 0.000000539. The number of hydrogen-bond acceptors (Lipinski definition) is 6. The molecule has 30 heavy (non-hydrogen) atoms. The topological polar surface area (TPSA) is 78.6 Å². The van der Waals surface area contributed by atoms with Crippen LogP contribution in [0, 0.1) is 6.92 Å².